The van der Waals surface area contributed by atoms with E-state index in [-0.39, 0.29) is 21.6 Å². The van der Waals surface area contributed by atoms with Crippen molar-refractivity contribution >= 4 is 27.9 Å². The Morgan fingerprint density at radius 1 is 1.33 bits per heavy atom. The van der Waals surface area contributed by atoms with Crippen LogP contribution in [0.25, 0.3) is 10.9 Å². The average Bonchev–Trinajstić information content (AvgIpc) is 2.25. The molecule has 0 saturated carbocycles. The summed E-state index contributed by atoms with van der Waals surface area (Å²) in [6, 6.07) is 4.98. The molecule has 0 spiro atoms. The fraction of sp³-hybridized carbons (Fsp3) is 0.182. The van der Waals surface area contributed by atoms with Gasteiger partial charge in [-0.2, -0.15) is 13.2 Å². The van der Waals surface area contributed by atoms with E-state index in [2.05, 4.69) is 4.98 Å². The van der Waals surface area contributed by atoms with Crippen molar-refractivity contribution in [3.05, 3.63) is 29.8 Å². The molecular weight excluding hydrogens is 265 g/mol. The third-order valence-corrected chi connectivity index (χ3v) is 3.39. The van der Waals surface area contributed by atoms with Gasteiger partial charge in [0.25, 0.3) is 0 Å². The molecule has 0 radical (unpaired) electrons. The first-order valence-electron chi connectivity index (χ1n) is 4.90. The first kappa shape index (κ1) is 13.0. The summed E-state index contributed by atoms with van der Waals surface area (Å²) in [5, 5.41) is 0.208. The highest BCUT2D eigenvalue weighted by Gasteiger charge is 2.34. The molecule has 2 rings (SSSR count). The quantitative estimate of drug-likeness (QED) is 0.813. The number of aromatic nitrogens is 1. The Labute approximate surface area is 104 Å². The summed E-state index contributed by atoms with van der Waals surface area (Å²) in [7, 11) is 0. The minimum atomic E-state index is -4.52. The predicted octanol–water partition coefficient (Wildman–Crippen LogP) is 2.57. The number of rotatable bonds is 1. The number of halogens is 3. The van der Waals surface area contributed by atoms with Gasteiger partial charge in [-0.3, -0.25) is 0 Å². The van der Waals surface area contributed by atoms with E-state index in [1.807, 2.05) is 0 Å². The maximum atomic E-state index is 12.8. The highest BCUT2D eigenvalue weighted by Crippen LogP contribution is 2.36. The molecule has 0 saturated heterocycles. The van der Waals surface area contributed by atoms with Crippen LogP contribution in [-0.4, -0.2) is 15.8 Å². The molecule has 0 aliphatic carbocycles. The van der Waals surface area contributed by atoms with E-state index < -0.39 is 22.9 Å². The van der Waals surface area contributed by atoms with Crippen LogP contribution in [0.3, 0.4) is 0 Å². The predicted molar refractivity (Wildman–Crippen MR) is 63.5 cm³/mol. The van der Waals surface area contributed by atoms with Gasteiger partial charge in [-0.15, -0.1) is 0 Å². The second-order valence-electron chi connectivity index (χ2n) is 3.70. The summed E-state index contributed by atoms with van der Waals surface area (Å²) < 4.78 is 50.0. The first-order valence-corrected chi connectivity index (χ1v) is 6.46. The fourth-order valence-electron chi connectivity index (χ4n) is 1.70. The van der Waals surface area contributed by atoms with Gasteiger partial charge in [0.1, 0.15) is 12.1 Å². The van der Waals surface area contributed by atoms with E-state index in [0.29, 0.717) is 0 Å². The zero-order valence-corrected chi connectivity index (χ0v) is 10.1. The van der Waals surface area contributed by atoms with Gasteiger partial charge < -0.3 is 10.3 Å². The zero-order chi connectivity index (χ0) is 13.5. The molecule has 0 aliphatic rings. The number of hydrogen-bond acceptors (Lipinski definition) is 3. The molecule has 2 N–H and O–H groups in total. The third-order valence-electron chi connectivity index (χ3n) is 2.44. The highest BCUT2D eigenvalue weighted by atomic mass is 32.2. The van der Waals surface area contributed by atoms with Crippen molar-refractivity contribution in [1.82, 2.24) is 4.98 Å². The molecule has 1 aromatic carbocycles. The van der Waals surface area contributed by atoms with Crippen molar-refractivity contribution in [2.45, 2.75) is 11.1 Å². The number of alkyl halides is 3. The van der Waals surface area contributed by atoms with Gasteiger partial charge in [0, 0.05) is 6.07 Å². The summed E-state index contributed by atoms with van der Waals surface area (Å²) in [5.74, 6) is -0.0793. The number of anilines is 1. The summed E-state index contributed by atoms with van der Waals surface area (Å²) in [5.41, 5.74) is 4.32. The van der Waals surface area contributed by atoms with Gasteiger partial charge >= 0.3 is 6.18 Å². The van der Waals surface area contributed by atoms with Crippen molar-refractivity contribution in [2.24, 2.45) is 0 Å². The second kappa shape index (κ2) is 4.33. The van der Waals surface area contributed by atoms with E-state index in [9.17, 15) is 17.7 Å². The Kier molecular flexibility index (Phi) is 3.12. The van der Waals surface area contributed by atoms with Gasteiger partial charge in [-0.05, 0) is 23.3 Å². The van der Waals surface area contributed by atoms with Crippen LogP contribution in [0.4, 0.5) is 19.0 Å². The summed E-state index contributed by atoms with van der Waals surface area (Å²) >= 11 is -1.44. The molecule has 18 heavy (non-hydrogen) atoms. The third kappa shape index (κ3) is 2.23. The number of nitrogen functional groups attached to an aromatic ring is 1. The van der Waals surface area contributed by atoms with Gasteiger partial charge in [0.2, 0.25) is 0 Å². The van der Waals surface area contributed by atoms with Crippen LogP contribution in [0, 0.1) is 0 Å². The maximum absolute atomic E-state index is 12.8. The Bertz CT molecular complexity index is 599. The smallest absolute Gasteiger partial charge is 0.418 e. The van der Waals surface area contributed by atoms with E-state index in [1.165, 1.54) is 24.5 Å². The highest BCUT2D eigenvalue weighted by molar-refractivity contribution is 7.91. The summed E-state index contributed by atoms with van der Waals surface area (Å²) in [6.07, 6.45) is -3.14. The largest absolute Gasteiger partial charge is 0.612 e. The van der Waals surface area contributed by atoms with Crippen LogP contribution < -0.4 is 5.73 Å². The topological polar surface area (TPSA) is 62.0 Å². The maximum Gasteiger partial charge on any atom is 0.418 e. The van der Waals surface area contributed by atoms with Crippen LogP contribution in [0.15, 0.2) is 29.2 Å². The molecule has 96 valence electrons. The van der Waals surface area contributed by atoms with E-state index >= 15 is 0 Å². The van der Waals surface area contributed by atoms with E-state index in [1.54, 1.807) is 0 Å². The molecule has 3 nitrogen and oxygen atoms in total. The Balaban J connectivity index is 2.86. The molecule has 1 unspecified atom stereocenters. The second-order valence-corrected chi connectivity index (χ2v) is 5.05. The van der Waals surface area contributed by atoms with Gasteiger partial charge in [0.15, 0.2) is 4.90 Å². The SMILES string of the molecule is C[S+]([O-])c1cc(N)nc2c(C(F)(F)F)cccc12. The normalized spacial score (nSPS) is 13.8. The lowest BCUT2D eigenvalue weighted by Crippen LogP contribution is -2.09. The molecule has 1 heterocycles. The molecule has 0 bridgehead atoms. The van der Waals surface area contributed by atoms with Crippen molar-refractivity contribution in [3.8, 4) is 0 Å². The minimum Gasteiger partial charge on any atom is -0.612 e. The van der Waals surface area contributed by atoms with E-state index in [0.717, 1.165) is 6.07 Å². The number of benzene rings is 1. The van der Waals surface area contributed by atoms with Crippen LogP contribution in [0.1, 0.15) is 5.56 Å². The monoisotopic (exact) mass is 274 g/mol. The van der Waals surface area contributed by atoms with Crippen molar-refractivity contribution < 1.29 is 17.7 Å². The van der Waals surface area contributed by atoms with E-state index in [4.69, 9.17) is 5.73 Å². The van der Waals surface area contributed by atoms with Crippen LogP contribution in [0.5, 0.6) is 0 Å². The molecule has 0 fully saturated rings. The van der Waals surface area contributed by atoms with Crippen LogP contribution in [0.2, 0.25) is 0 Å². The van der Waals surface area contributed by atoms with Crippen molar-refractivity contribution in [2.75, 3.05) is 12.0 Å². The lowest BCUT2D eigenvalue weighted by molar-refractivity contribution is -0.136. The van der Waals surface area contributed by atoms with Crippen LogP contribution >= 0.6 is 0 Å². The molecule has 0 aliphatic heterocycles. The molecule has 1 aromatic heterocycles. The molecule has 0 amide bonds. The molecule has 2 aromatic rings. The standard InChI is InChI=1S/C11H9F3N2OS/c1-18(17)8-5-9(15)16-10-6(8)3-2-4-7(10)11(12,13)14/h2-5H,1H3,(H2,15,16). The lowest BCUT2D eigenvalue weighted by Gasteiger charge is -2.13. The average molecular weight is 274 g/mol. The Morgan fingerprint density at radius 2 is 2.00 bits per heavy atom. The van der Waals surface area contributed by atoms with Gasteiger partial charge in [0.05, 0.1) is 16.5 Å². The Morgan fingerprint density at radius 3 is 2.56 bits per heavy atom. The first-order chi connectivity index (χ1) is 8.30. The fourth-order valence-corrected chi connectivity index (χ4v) is 2.46. The number of nitrogens with two attached hydrogens (primary N) is 1. The summed E-state index contributed by atoms with van der Waals surface area (Å²) in [6.45, 7) is 0. The summed E-state index contributed by atoms with van der Waals surface area (Å²) in [4.78, 5) is 3.96. The number of nitrogens with zero attached hydrogens (tertiary/aromatic N) is 1. The van der Waals surface area contributed by atoms with Crippen molar-refractivity contribution in [1.29, 1.82) is 0 Å². The number of para-hydroxylation sites is 1. The number of pyridine rings is 1. The number of fused-ring (bicyclic) bond motifs is 1. The molecular formula is C11H9F3N2OS. The molecule has 7 heteroatoms. The minimum absolute atomic E-state index is 0.0793. The molecule has 1 atom stereocenters. The van der Waals surface area contributed by atoms with Gasteiger partial charge in [-0.25, -0.2) is 4.98 Å². The lowest BCUT2D eigenvalue weighted by atomic mass is 10.1. The van der Waals surface area contributed by atoms with Gasteiger partial charge in [-0.1, -0.05) is 6.07 Å². The van der Waals surface area contributed by atoms with Crippen molar-refractivity contribution in [3.63, 3.8) is 0 Å². The van der Waals surface area contributed by atoms with Crippen LogP contribution in [-0.2, 0) is 17.4 Å². The Hall–Kier alpha value is -1.47. The zero-order valence-electron chi connectivity index (χ0n) is 9.28. The number of hydrogen-bond donors (Lipinski definition) is 1.